The molecular weight excluding hydrogens is 260 g/mol. The molecule has 2 aliphatic rings. The van der Waals surface area contributed by atoms with Crippen molar-refractivity contribution >= 4 is 17.7 Å². The minimum absolute atomic E-state index is 0.0466. The minimum atomic E-state index is 0.0466. The van der Waals surface area contributed by atoms with E-state index < -0.39 is 0 Å². The average Bonchev–Trinajstić information content (AvgIpc) is 2.47. The maximum absolute atomic E-state index is 12.0. The summed E-state index contributed by atoms with van der Waals surface area (Å²) in [5.74, 6) is 0.132. The molecule has 0 aromatic rings. The molecule has 5 heteroatoms. The summed E-state index contributed by atoms with van der Waals surface area (Å²) < 4.78 is 5.84. The predicted octanol–water partition coefficient (Wildman–Crippen LogP) is 1.55. The van der Waals surface area contributed by atoms with Crippen molar-refractivity contribution in [2.45, 2.75) is 49.4 Å². The number of rotatable bonds is 5. The number of amides is 1. The van der Waals surface area contributed by atoms with Crippen LogP contribution in [0.2, 0.25) is 0 Å². The van der Waals surface area contributed by atoms with E-state index in [1.807, 2.05) is 11.8 Å². The van der Waals surface area contributed by atoms with Gasteiger partial charge in [-0.2, -0.15) is 11.8 Å². The van der Waals surface area contributed by atoms with Crippen LogP contribution in [0.25, 0.3) is 0 Å². The molecular formula is C14H26N2O2S. The molecule has 1 aliphatic carbocycles. The monoisotopic (exact) mass is 286 g/mol. The highest BCUT2D eigenvalue weighted by Crippen LogP contribution is 2.37. The van der Waals surface area contributed by atoms with E-state index >= 15 is 0 Å². The number of thioether (sulfide) groups is 1. The molecule has 0 radical (unpaired) electrons. The van der Waals surface area contributed by atoms with Crippen LogP contribution < -0.4 is 10.6 Å². The van der Waals surface area contributed by atoms with Crippen LogP contribution in [0.3, 0.4) is 0 Å². The van der Waals surface area contributed by atoms with E-state index in [1.54, 1.807) is 0 Å². The fourth-order valence-corrected chi connectivity index (χ4v) is 3.85. The zero-order valence-electron chi connectivity index (χ0n) is 11.9. The Balaban J connectivity index is 1.72. The number of hydrogen-bond acceptors (Lipinski definition) is 4. The molecule has 1 saturated carbocycles. The van der Waals surface area contributed by atoms with Crippen molar-refractivity contribution in [1.29, 1.82) is 0 Å². The molecule has 2 fully saturated rings. The van der Waals surface area contributed by atoms with Crippen molar-refractivity contribution in [1.82, 2.24) is 10.6 Å². The van der Waals surface area contributed by atoms with Crippen molar-refractivity contribution in [3.63, 3.8) is 0 Å². The number of nitrogens with one attached hydrogen (secondary N) is 2. The first kappa shape index (κ1) is 15.1. The van der Waals surface area contributed by atoms with Crippen molar-refractivity contribution in [3.05, 3.63) is 0 Å². The van der Waals surface area contributed by atoms with Gasteiger partial charge in [0.2, 0.25) is 5.91 Å². The Labute approximate surface area is 120 Å². The molecule has 0 aromatic carbocycles. The van der Waals surface area contributed by atoms with Gasteiger partial charge in [-0.25, -0.2) is 0 Å². The highest BCUT2D eigenvalue weighted by atomic mass is 32.2. The van der Waals surface area contributed by atoms with Gasteiger partial charge in [0, 0.05) is 24.4 Å². The lowest BCUT2D eigenvalue weighted by molar-refractivity contribution is -0.124. The van der Waals surface area contributed by atoms with E-state index in [4.69, 9.17) is 4.74 Å². The van der Waals surface area contributed by atoms with Crippen molar-refractivity contribution in [2.75, 3.05) is 32.5 Å². The van der Waals surface area contributed by atoms with Crippen molar-refractivity contribution in [3.8, 4) is 0 Å². The molecule has 1 saturated heterocycles. The van der Waals surface area contributed by atoms with Crippen LogP contribution in [0.1, 0.15) is 38.5 Å². The Bertz CT molecular complexity index is 287. The first-order valence-corrected chi connectivity index (χ1v) is 8.61. The quantitative estimate of drug-likeness (QED) is 0.805. The van der Waals surface area contributed by atoms with Crippen LogP contribution in [0, 0.1) is 0 Å². The molecule has 0 bridgehead atoms. The Morgan fingerprint density at radius 2 is 2.21 bits per heavy atom. The second kappa shape index (κ2) is 7.50. The lowest BCUT2D eigenvalue weighted by Crippen LogP contribution is -2.45. The summed E-state index contributed by atoms with van der Waals surface area (Å²) in [6.07, 6.45) is 9.11. The Kier molecular flexibility index (Phi) is 5.98. The smallest absolute Gasteiger partial charge is 0.222 e. The molecule has 2 N–H and O–H groups in total. The molecule has 1 heterocycles. The molecule has 1 unspecified atom stereocenters. The summed E-state index contributed by atoms with van der Waals surface area (Å²) in [7, 11) is 0. The largest absolute Gasteiger partial charge is 0.375 e. The third-order valence-corrected chi connectivity index (χ3v) is 5.64. The zero-order valence-corrected chi connectivity index (χ0v) is 12.7. The summed E-state index contributed by atoms with van der Waals surface area (Å²) in [5.41, 5.74) is 0. The summed E-state index contributed by atoms with van der Waals surface area (Å²) in [4.78, 5) is 12.0. The average molecular weight is 286 g/mol. The standard InChI is InChI=1S/C14H26N2O2S/c1-19-14(5-3-2-4-6-14)11-16-13(17)9-12-10-15-7-8-18-12/h12,15H,2-11H2,1H3,(H,16,17). The first-order chi connectivity index (χ1) is 9.24. The number of ether oxygens (including phenoxy) is 1. The molecule has 2 rings (SSSR count). The highest BCUT2D eigenvalue weighted by Gasteiger charge is 2.31. The fraction of sp³-hybridized carbons (Fsp3) is 0.929. The molecule has 110 valence electrons. The van der Waals surface area contributed by atoms with Gasteiger partial charge < -0.3 is 15.4 Å². The molecule has 0 aromatic heterocycles. The first-order valence-electron chi connectivity index (χ1n) is 7.38. The van der Waals surface area contributed by atoms with Gasteiger partial charge in [-0.05, 0) is 19.1 Å². The Hall–Kier alpha value is -0.260. The number of hydrogen-bond donors (Lipinski definition) is 2. The number of morpholine rings is 1. The zero-order chi connectivity index (χ0) is 13.6. The van der Waals surface area contributed by atoms with E-state index in [-0.39, 0.29) is 16.8 Å². The second-order valence-corrected chi connectivity index (χ2v) is 6.90. The molecule has 19 heavy (non-hydrogen) atoms. The maximum atomic E-state index is 12.0. The van der Waals surface area contributed by atoms with E-state index in [9.17, 15) is 4.79 Å². The van der Waals surface area contributed by atoms with Gasteiger partial charge in [-0.15, -0.1) is 0 Å². The van der Waals surface area contributed by atoms with Crippen LogP contribution in [0.5, 0.6) is 0 Å². The topological polar surface area (TPSA) is 50.4 Å². The third kappa shape index (κ3) is 4.65. The van der Waals surface area contributed by atoms with Crippen LogP contribution in [0.4, 0.5) is 0 Å². The minimum Gasteiger partial charge on any atom is -0.375 e. The lowest BCUT2D eigenvalue weighted by atomic mass is 9.88. The molecule has 0 spiro atoms. The van der Waals surface area contributed by atoms with E-state index in [0.29, 0.717) is 13.0 Å². The summed E-state index contributed by atoms with van der Waals surface area (Å²) in [6, 6.07) is 0. The summed E-state index contributed by atoms with van der Waals surface area (Å²) >= 11 is 1.92. The van der Waals surface area contributed by atoms with Crippen LogP contribution in [-0.2, 0) is 9.53 Å². The van der Waals surface area contributed by atoms with E-state index in [2.05, 4.69) is 16.9 Å². The van der Waals surface area contributed by atoms with Gasteiger partial charge in [-0.3, -0.25) is 4.79 Å². The van der Waals surface area contributed by atoms with Crippen LogP contribution >= 0.6 is 11.8 Å². The maximum Gasteiger partial charge on any atom is 0.222 e. The fourth-order valence-electron chi connectivity index (χ4n) is 2.94. The summed E-state index contributed by atoms with van der Waals surface area (Å²) in [6.45, 7) is 3.22. The van der Waals surface area contributed by atoms with E-state index in [1.165, 1.54) is 32.1 Å². The van der Waals surface area contributed by atoms with Crippen molar-refractivity contribution in [2.24, 2.45) is 0 Å². The van der Waals surface area contributed by atoms with Gasteiger partial charge in [-0.1, -0.05) is 19.3 Å². The van der Waals surface area contributed by atoms with E-state index in [0.717, 1.165) is 19.6 Å². The van der Waals surface area contributed by atoms with Gasteiger partial charge in [0.05, 0.1) is 19.1 Å². The predicted molar refractivity (Wildman–Crippen MR) is 79.6 cm³/mol. The third-order valence-electron chi connectivity index (χ3n) is 4.22. The second-order valence-electron chi connectivity index (χ2n) is 5.63. The molecule has 4 nitrogen and oxygen atoms in total. The van der Waals surface area contributed by atoms with Crippen molar-refractivity contribution < 1.29 is 9.53 Å². The SMILES string of the molecule is CSC1(CNC(=O)CC2CNCCO2)CCCCC1. The summed E-state index contributed by atoms with van der Waals surface area (Å²) in [5, 5.41) is 6.38. The van der Waals surface area contributed by atoms with Crippen LogP contribution in [0.15, 0.2) is 0 Å². The lowest BCUT2D eigenvalue weighted by Gasteiger charge is -2.36. The van der Waals surface area contributed by atoms with Crippen LogP contribution in [-0.4, -0.2) is 49.3 Å². The molecule has 1 amide bonds. The molecule has 1 aliphatic heterocycles. The normalized spacial score (nSPS) is 26.9. The van der Waals surface area contributed by atoms with Gasteiger partial charge in [0.1, 0.15) is 0 Å². The Morgan fingerprint density at radius 1 is 1.42 bits per heavy atom. The van der Waals surface area contributed by atoms with Gasteiger partial charge >= 0.3 is 0 Å². The molecule has 1 atom stereocenters. The number of carbonyl (C=O) groups excluding carboxylic acids is 1. The van der Waals surface area contributed by atoms with Gasteiger partial charge in [0.15, 0.2) is 0 Å². The van der Waals surface area contributed by atoms with Gasteiger partial charge in [0.25, 0.3) is 0 Å². The number of carbonyl (C=O) groups is 1. The Morgan fingerprint density at radius 3 is 2.84 bits per heavy atom. The highest BCUT2D eigenvalue weighted by molar-refractivity contribution is 8.00.